The first kappa shape index (κ1) is 12.7. The van der Waals surface area contributed by atoms with Crippen molar-refractivity contribution in [3.8, 4) is 5.75 Å². The van der Waals surface area contributed by atoms with Crippen molar-refractivity contribution in [1.29, 1.82) is 0 Å². The van der Waals surface area contributed by atoms with Crippen LogP contribution in [0.15, 0.2) is 36.5 Å². The number of hydrogen-bond acceptors (Lipinski definition) is 3. The van der Waals surface area contributed by atoms with Crippen molar-refractivity contribution in [2.45, 2.75) is 19.9 Å². The minimum absolute atomic E-state index is 0.00595. The molecule has 1 aromatic heterocycles. The van der Waals surface area contributed by atoms with Crippen LogP contribution in [0.5, 0.6) is 5.75 Å². The number of phenols is 1. The first-order valence-electron chi connectivity index (χ1n) is 5.74. The second-order valence-electron chi connectivity index (χ2n) is 4.26. The molecule has 0 aliphatic rings. The quantitative estimate of drug-likeness (QED) is 0.824. The Kier molecular flexibility index (Phi) is 3.72. The molecule has 4 heteroatoms. The highest BCUT2D eigenvalue weighted by Crippen LogP contribution is 2.27. The number of aromatic nitrogens is 1. The molecule has 3 nitrogen and oxygen atoms in total. The summed E-state index contributed by atoms with van der Waals surface area (Å²) in [6.07, 6.45) is 1.69. The molecule has 0 radical (unpaired) electrons. The molecule has 2 N–H and O–H groups in total. The lowest BCUT2D eigenvalue weighted by atomic mass is 10.1. The van der Waals surface area contributed by atoms with Gasteiger partial charge in [0.05, 0.1) is 17.9 Å². The second kappa shape index (κ2) is 5.27. The van der Waals surface area contributed by atoms with Gasteiger partial charge < -0.3 is 10.4 Å². The molecule has 0 spiro atoms. The summed E-state index contributed by atoms with van der Waals surface area (Å²) in [5.41, 5.74) is 2.66. The molecule has 1 heterocycles. The maximum atomic E-state index is 9.78. The van der Waals surface area contributed by atoms with Crippen molar-refractivity contribution >= 4 is 17.3 Å². The van der Waals surface area contributed by atoms with Crippen molar-refractivity contribution in [2.75, 3.05) is 5.32 Å². The van der Waals surface area contributed by atoms with Gasteiger partial charge in [0, 0.05) is 5.56 Å². The molecule has 1 unspecified atom stereocenters. The highest BCUT2D eigenvalue weighted by atomic mass is 35.5. The van der Waals surface area contributed by atoms with E-state index < -0.39 is 0 Å². The number of aromatic hydroxyl groups is 1. The smallest absolute Gasteiger partial charge is 0.132 e. The molecule has 0 fully saturated rings. The number of nitrogens with one attached hydrogen (secondary N) is 1. The van der Waals surface area contributed by atoms with Gasteiger partial charge in [0.15, 0.2) is 0 Å². The topological polar surface area (TPSA) is 45.1 Å². The Morgan fingerprint density at radius 2 is 2.06 bits per heavy atom. The number of halogens is 1. The van der Waals surface area contributed by atoms with Crippen molar-refractivity contribution in [3.05, 3.63) is 52.8 Å². The van der Waals surface area contributed by atoms with E-state index >= 15 is 0 Å². The van der Waals surface area contributed by atoms with E-state index in [2.05, 4.69) is 10.3 Å². The molecule has 0 bridgehead atoms. The molecule has 0 saturated carbocycles. The van der Waals surface area contributed by atoms with E-state index in [-0.39, 0.29) is 11.8 Å². The summed E-state index contributed by atoms with van der Waals surface area (Å²) in [5.74, 6) is 0.288. The zero-order chi connectivity index (χ0) is 13.1. The summed E-state index contributed by atoms with van der Waals surface area (Å²) in [6, 6.07) is 9.21. The van der Waals surface area contributed by atoms with Crippen molar-refractivity contribution in [3.63, 3.8) is 0 Å². The van der Waals surface area contributed by atoms with E-state index in [0.717, 1.165) is 16.8 Å². The fourth-order valence-corrected chi connectivity index (χ4v) is 1.92. The van der Waals surface area contributed by atoms with Crippen LogP contribution in [0.4, 0.5) is 5.69 Å². The minimum atomic E-state index is -0.00595. The predicted molar refractivity (Wildman–Crippen MR) is 74.1 cm³/mol. The number of benzene rings is 1. The van der Waals surface area contributed by atoms with Crippen LogP contribution >= 0.6 is 11.6 Å². The molecule has 0 aliphatic carbocycles. The fourth-order valence-electron chi connectivity index (χ4n) is 1.82. The summed E-state index contributed by atoms with van der Waals surface area (Å²) in [5, 5.41) is 13.6. The average molecular weight is 263 g/mol. The first-order valence-corrected chi connectivity index (χ1v) is 6.12. The monoisotopic (exact) mass is 262 g/mol. The van der Waals surface area contributed by atoms with Gasteiger partial charge in [-0.2, -0.15) is 0 Å². The summed E-state index contributed by atoms with van der Waals surface area (Å²) in [4.78, 5) is 4.09. The third kappa shape index (κ3) is 2.74. The molecule has 0 aliphatic heterocycles. The van der Waals surface area contributed by atoms with E-state index in [1.165, 1.54) is 0 Å². The van der Waals surface area contributed by atoms with Crippen molar-refractivity contribution in [1.82, 2.24) is 4.98 Å². The molecule has 18 heavy (non-hydrogen) atoms. The van der Waals surface area contributed by atoms with Gasteiger partial charge in [0.1, 0.15) is 10.9 Å². The fraction of sp³-hybridized carbons (Fsp3) is 0.214. The molecule has 94 valence electrons. The van der Waals surface area contributed by atoms with Gasteiger partial charge in [-0.05, 0) is 31.5 Å². The van der Waals surface area contributed by atoms with Crippen LogP contribution in [0.25, 0.3) is 0 Å². The van der Waals surface area contributed by atoms with Gasteiger partial charge in [0.25, 0.3) is 0 Å². The van der Waals surface area contributed by atoms with E-state index in [1.807, 2.05) is 32.0 Å². The lowest BCUT2D eigenvalue weighted by Gasteiger charge is -2.17. The summed E-state index contributed by atoms with van der Waals surface area (Å²) in [7, 11) is 0. The van der Waals surface area contributed by atoms with Gasteiger partial charge in [0.2, 0.25) is 0 Å². The van der Waals surface area contributed by atoms with Gasteiger partial charge in [-0.1, -0.05) is 29.8 Å². The lowest BCUT2D eigenvalue weighted by Crippen LogP contribution is -2.07. The number of aryl methyl sites for hydroxylation is 1. The summed E-state index contributed by atoms with van der Waals surface area (Å²) in [6.45, 7) is 3.89. The van der Waals surface area contributed by atoms with Crippen LogP contribution in [0.2, 0.25) is 5.15 Å². The standard InChI is InChI=1S/C14H15ClN2O/c1-9-7-11(8-16-14(9)15)17-10(2)12-5-3-4-6-13(12)18/h3-8,10,17-18H,1-2H3. The van der Waals surface area contributed by atoms with Crippen molar-refractivity contribution in [2.24, 2.45) is 0 Å². The molecule has 1 aromatic carbocycles. The number of phenolic OH excluding ortho intramolecular Hbond substituents is 1. The lowest BCUT2D eigenvalue weighted by molar-refractivity contribution is 0.465. The molecular formula is C14H15ClN2O. The molecule has 1 atom stereocenters. The van der Waals surface area contributed by atoms with E-state index in [4.69, 9.17) is 11.6 Å². The van der Waals surface area contributed by atoms with E-state index in [0.29, 0.717) is 5.15 Å². The van der Waals surface area contributed by atoms with Crippen LogP contribution in [-0.2, 0) is 0 Å². The first-order chi connectivity index (χ1) is 8.58. The number of para-hydroxylation sites is 1. The highest BCUT2D eigenvalue weighted by molar-refractivity contribution is 6.30. The SMILES string of the molecule is Cc1cc(NC(C)c2ccccc2O)cnc1Cl. The number of anilines is 1. The Balaban J connectivity index is 2.19. The zero-order valence-corrected chi connectivity index (χ0v) is 11.1. The predicted octanol–water partition coefficient (Wildman–Crippen LogP) is 3.92. The Bertz CT molecular complexity index is 557. The maximum absolute atomic E-state index is 9.78. The van der Waals surface area contributed by atoms with E-state index in [9.17, 15) is 5.11 Å². The Labute approximate surface area is 111 Å². The molecule has 0 saturated heterocycles. The Hall–Kier alpha value is -1.74. The third-order valence-electron chi connectivity index (χ3n) is 2.80. The van der Waals surface area contributed by atoms with Crippen LogP contribution in [-0.4, -0.2) is 10.1 Å². The number of rotatable bonds is 3. The van der Waals surface area contributed by atoms with Gasteiger partial charge in [-0.3, -0.25) is 0 Å². The second-order valence-corrected chi connectivity index (χ2v) is 4.61. The van der Waals surface area contributed by atoms with Gasteiger partial charge in [-0.25, -0.2) is 4.98 Å². The zero-order valence-electron chi connectivity index (χ0n) is 10.3. The Morgan fingerprint density at radius 3 is 2.72 bits per heavy atom. The van der Waals surface area contributed by atoms with Gasteiger partial charge >= 0.3 is 0 Å². The largest absolute Gasteiger partial charge is 0.508 e. The normalized spacial score (nSPS) is 12.2. The van der Waals surface area contributed by atoms with Gasteiger partial charge in [-0.15, -0.1) is 0 Å². The van der Waals surface area contributed by atoms with Crippen LogP contribution in [0.3, 0.4) is 0 Å². The van der Waals surface area contributed by atoms with Crippen molar-refractivity contribution < 1.29 is 5.11 Å². The molecule has 0 amide bonds. The average Bonchev–Trinajstić information content (AvgIpc) is 2.34. The Morgan fingerprint density at radius 1 is 1.33 bits per heavy atom. The summed E-state index contributed by atoms with van der Waals surface area (Å²) < 4.78 is 0. The molecular weight excluding hydrogens is 248 g/mol. The number of nitrogens with zero attached hydrogens (tertiary/aromatic N) is 1. The number of pyridine rings is 1. The molecule has 2 rings (SSSR count). The van der Waals surface area contributed by atoms with Crippen LogP contribution < -0.4 is 5.32 Å². The summed E-state index contributed by atoms with van der Waals surface area (Å²) >= 11 is 5.88. The molecule has 2 aromatic rings. The van der Waals surface area contributed by atoms with E-state index in [1.54, 1.807) is 18.3 Å². The van der Waals surface area contributed by atoms with Crippen LogP contribution in [0.1, 0.15) is 24.1 Å². The minimum Gasteiger partial charge on any atom is -0.508 e. The third-order valence-corrected chi connectivity index (χ3v) is 3.20. The van der Waals surface area contributed by atoms with Crippen LogP contribution in [0, 0.1) is 6.92 Å². The highest BCUT2D eigenvalue weighted by Gasteiger charge is 2.10. The number of hydrogen-bond donors (Lipinski definition) is 2. The maximum Gasteiger partial charge on any atom is 0.132 e.